The first-order chi connectivity index (χ1) is 4.20. The molecule has 0 radical (unpaired) electrons. The molecule has 1 aliphatic rings. The summed E-state index contributed by atoms with van der Waals surface area (Å²) in [5.41, 5.74) is 1.16. The van der Waals surface area contributed by atoms with Crippen molar-refractivity contribution < 1.29 is 4.79 Å². The fourth-order valence-corrected chi connectivity index (χ4v) is 0.977. The smallest absolute Gasteiger partial charge is 0.222 e. The molecule has 1 amide bonds. The van der Waals surface area contributed by atoms with Crippen LogP contribution < -0.4 is 0 Å². The molecule has 0 aromatic heterocycles. The van der Waals surface area contributed by atoms with Crippen molar-refractivity contribution in [1.29, 1.82) is 0 Å². The van der Waals surface area contributed by atoms with E-state index in [4.69, 9.17) is 0 Å². The van der Waals surface area contributed by atoms with Gasteiger partial charge in [-0.05, 0) is 6.42 Å². The van der Waals surface area contributed by atoms with E-state index in [0.717, 1.165) is 18.5 Å². The van der Waals surface area contributed by atoms with Crippen molar-refractivity contribution in [3.05, 3.63) is 12.2 Å². The van der Waals surface area contributed by atoms with E-state index in [9.17, 15) is 4.79 Å². The lowest BCUT2D eigenvalue weighted by Crippen LogP contribution is -2.32. The van der Waals surface area contributed by atoms with E-state index in [1.165, 1.54) is 0 Å². The van der Waals surface area contributed by atoms with Crippen LogP contribution in [0.4, 0.5) is 0 Å². The first-order valence-electron chi connectivity index (χ1n) is 3.11. The number of carbonyl (C=O) groups excluding carboxylic acids is 1. The summed E-state index contributed by atoms with van der Waals surface area (Å²) in [4.78, 5) is 12.5. The largest absolute Gasteiger partial charge is 0.342 e. The van der Waals surface area contributed by atoms with Crippen molar-refractivity contribution in [2.75, 3.05) is 13.6 Å². The second kappa shape index (κ2) is 2.21. The lowest BCUT2D eigenvalue weighted by Gasteiger charge is -2.23. The highest BCUT2D eigenvalue weighted by Gasteiger charge is 2.15. The minimum Gasteiger partial charge on any atom is -0.342 e. The number of hydrogen-bond donors (Lipinski definition) is 0. The zero-order valence-electron chi connectivity index (χ0n) is 5.68. The lowest BCUT2D eigenvalue weighted by molar-refractivity contribution is -0.130. The van der Waals surface area contributed by atoms with Crippen molar-refractivity contribution in [3.63, 3.8) is 0 Å². The third kappa shape index (κ3) is 1.31. The fourth-order valence-electron chi connectivity index (χ4n) is 0.977. The van der Waals surface area contributed by atoms with Gasteiger partial charge < -0.3 is 4.90 Å². The number of rotatable bonds is 0. The number of amides is 1. The van der Waals surface area contributed by atoms with Gasteiger partial charge in [0.15, 0.2) is 0 Å². The zero-order chi connectivity index (χ0) is 6.85. The lowest BCUT2D eigenvalue weighted by atomic mass is 10.1. The molecule has 0 aliphatic carbocycles. The monoisotopic (exact) mass is 125 g/mol. The number of piperidine rings is 1. The highest BCUT2D eigenvalue weighted by molar-refractivity contribution is 5.77. The van der Waals surface area contributed by atoms with Gasteiger partial charge in [0.25, 0.3) is 0 Å². The molecule has 0 unspecified atom stereocenters. The molecule has 2 nitrogen and oxygen atoms in total. The summed E-state index contributed by atoms with van der Waals surface area (Å²) in [6.45, 7) is 4.55. The van der Waals surface area contributed by atoms with E-state index in [-0.39, 0.29) is 5.91 Å². The number of carbonyl (C=O) groups is 1. The van der Waals surface area contributed by atoms with Crippen LogP contribution in [-0.4, -0.2) is 24.4 Å². The van der Waals surface area contributed by atoms with Crippen molar-refractivity contribution in [2.24, 2.45) is 0 Å². The molecule has 1 heterocycles. The van der Waals surface area contributed by atoms with Gasteiger partial charge in [0.2, 0.25) is 5.91 Å². The maximum atomic E-state index is 10.8. The molecular formula is C7H11NO. The Morgan fingerprint density at radius 1 is 1.56 bits per heavy atom. The van der Waals surface area contributed by atoms with Crippen LogP contribution in [0.25, 0.3) is 0 Å². The summed E-state index contributed by atoms with van der Waals surface area (Å²) >= 11 is 0. The second-order valence-electron chi connectivity index (χ2n) is 2.50. The molecule has 2 heteroatoms. The Labute approximate surface area is 55.2 Å². The minimum absolute atomic E-state index is 0.238. The van der Waals surface area contributed by atoms with E-state index in [2.05, 4.69) is 6.58 Å². The molecule has 1 saturated heterocycles. The van der Waals surface area contributed by atoms with Crippen LogP contribution in [0.1, 0.15) is 12.8 Å². The summed E-state index contributed by atoms with van der Waals surface area (Å²) in [6, 6.07) is 0. The first kappa shape index (κ1) is 6.33. The van der Waals surface area contributed by atoms with Gasteiger partial charge in [0.05, 0.1) is 0 Å². The maximum absolute atomic E-state index is 10.8. The standard InChI is InChI=1S/C7H11NO/c1-6-3-4-7(9)8(2)5-6/h1,3-5H2,2H3. The fraction of sp³-hybridized carbons (Fsp3) is 0.571. The van der Waals surface area contributed by atoms with Gasteiger partial charge in [-0.15, -0.1) is 0 Å². The van der Waals surface area contributed by atoms with Crippen LogP contribution in [0.2, 0.25) is 0 Å². The average molecular weight is 125 g/mol. The molecule has 1 aliphatic heterocycles. The number of hydrogen-bond acceptors (Lipinski definition) is 1. The molecular weight excluding hydrogens is 114 g/mol. The summed E-state index contributed by atoms with van der Waals surface area (Å²) in [5, 5.41) is 0. The highest BCUT2D eigenvalue weighted by atomic mass is 16.2. The first-order valence-corrected chi connectivity index (χ1v) is 3.11. The van der Waals surface area contributed by atoms with Crippen LogP contribution in [0.3, 0.4) is 0 Å². The number of likely N-dealkylation sites (tertiary alicyclic amines) is 1. The molecule has 0 N–H and O–H groups in total. The average Bonchev–Trinajstić information content (AvgIpc) is 1.80. The van der Waals surface area contributed by atoms with Gasteiger partial charge in [0, 0.05) is 20.0 Å². The number of nitrogens with zero attached hydrogens (tertiary/aromatic N) is 1. The molecule has 0 atom stereocenters. The molecule has 0 spiro atoms. The molecule has 1 rings (SSSR count). The van der Waals surface area contributed by atoms with E-state index in [1.807, 2.05) is 7.05 Å². The molecule has 0 aromatic carbocycles. The molecule has 1 fully saturated rings. The van der Waals surface area contributed by atoms with E-state index < -0.39 is 0 Å². The second-order valence-corrected chi connectivity index (χ2v) is 2.50. The van der Waals surface area contributed by atoms with Crippen LogP contribution >= 0.6 is 0 Å². The Morgan fingerprint density at radius 2 is 2.22 bits per heavy atom. The van der Waals surface area contributed by atoms with Crippen molar-refractivity contribution in [2.45, 2.75) is 12.8 Å². The molecule has 0 aromatic rings. The molecule has 0 saturated carbocycles. The van der Waals surface area contributed by atoms with Crippen LogP contribution in [-0.2, 0) is 4.79 Å². The Kier molecular flexibility index (Phi) is 1.56. The van der Waals surface area contributed by atoms with Crippen LogP contribution in [0.15, 0.2) is 12.2 Å². The predicted molar refractivity (Wildman–Crippen MR) is 36.0 cm³/mol. The normalized spacial score (nSPS) is 20.8. The third-order valence-corrected chi connectivity index (χ3v) is 1.58. The van der Waals surface area contributed by atoms with E-state index in [0.29, 0.717) is 6.42 Å². The summed E-state index contributed by atoms with van der Waals surface area (Å²) in [7, 11) is 1.81. The molecule has 9 heavy (non-hydrogen) atoms. The quantitative estimate of drug-likeness (QED) is 0.438. The van der Waals surface area contributed by atoms with Gasteiger partial charge in [-0.2, -0.15) is 0 Å². The SMILES string of the molecule is C=C1CCC(=O)N(C)C1. The van der Waals surface area contributed by atoms with Crippen molar-refractivity contribution >= 4 is 5.91 Å². The Bertz CT molecular complexity index is 151. The minimum atomic E-state index is 0.238. The Hall–Kier alpha value is -0.790. The van der Waals surface area contributed by atoms with Gasteiger partial charge in [-0.3, -0.25) is 4.79 Å². The van der Waals surface area contributed by atoms with Crippen molar-refractivity contribution in [3.8, 4) is 0 Å². The van der Waals surface area contributed by atoms with Gasteiger partial charge in [-0.1, -0.05) is 12.2 Å². The summed E-state index contributed by atoms with van der Waals surface area (Å²) in [5.74, 6) is 0.238. The van der Waals surface area contributed by atoms with E-state index in [1.54, 1.807) is 4.90 Å². The maximum Gasteiger partial charge on any atom is 0.222 e. The summed E-state index contributed by atoms with van der Waals surface area (Å²) in [6.07, 6.45) is 1.53. The van der Waals surface area contributed by atoms with Gasteiger partial charge >= 0.3 is 0 Å². The van der Waals surface area contributed by atoms with Gasteiger partial charge in [-0.25, -0.2) is 0 Å². The topological polar surface area (TPSA) is 20.3 Å². The highest BCUT2D eigenvalue weighted by Crippen LogP contribution is 2.12. The zero-order valence-corrected chi connectivity index (χ0v) is 5.68. The predicted octanol–water partition coefficient (Wildman–Crippen LogP) is 0.795. The summed E-state index contributed by atoms with van der Waals surface area (Å²) < 4.78 is 0. The van der Waals surface area contributed by atoms with Gasteiger partial charge in [0.1, 0.15) is 0 Å². The van der Waals surface area contributed by atoms with Crippen LogP contribution in [0, 0.1) is 0 Å². The van der Waals surface area contributed by atoms with Crippen LogP contribution in [0.5, 0.6) is 0 Å². The van der Waals surface area contributed by atoms with Crippen molar-refractivity contribution in [1.82, 2.24) is 4.90 Å². The molecule has 50 valence electrons. The Morgan fingerprint density at radius 3 is 2.67 bits per heavy atom. The number of likely N-dealkylation sites (N-methyl/N-ethyl adjacent to an activating group) is 1. The molecule has 0 bridgehead atoms. The van der Waals surface area contributed by atoms with E-state index >= 15 is 0 Å². The Balaban J connectivity index is 2.54. The third-order valence-electron chi connectivity index (χ3n) is 1.58.